The Morgan fingerprint density at radius 2 is 1.61 bits per heavy atom. The highest BCUT2D eigenvalue weighted by Crippen LogP contribution is 2.34. The Morgan fingerprint density at radius 3 is 2.43 bits per heavy atom. The van der Waals surface area contributed by atoms with Gasteiger partial charge >= 0.3 is 0 Å². The number of fused-ring (bicyclic) bond motifs is 1. The summed E-state index contributed by atoms with van der Waals surface area (Å²) in [5, 5.41) is 2.43. The molecule has 0 radical (unpaired) electrons. The van der Waals surface area contributed by atoms with Crippen molar-refractivity contribution in [1.82, 2.24) is 5.32 Å². The molecular weight excluding hydrogens is 288 g/mol. The molecule has 23 heavy (non-hydrogen) atoms. The molecule has 0 fully saturated rings. The highest BCUT2D eigenvalue weighted by molar-refractivity contribution is 6.37. The van der Waals surface area contributed by atoms with Gasteiger partial charge in [0, 0.05) is 12.2 Å². The van der Waals surface area contributed by atoms with Crippen LogP contribution in [0.4, 0.5) is 5.69 Å². The van der Waals surface area contributed by atoms with Crippen LogP contribution < -0.4 is 10.2 Å². The minimum atomic E-state index is -0.348. The van der Waals surface area contributed by atoms with Gasteiger partial charge in [-0.1, -0.05) is 60.7 Å². The van der Waals surface area contributed by atoms with E-state index in [1.807, 2.05) is 71.6 Å². The van der Waals surface area contributed by atoms with Gasteiger partial charge in [-0.3, -0.25) is 14.9 Å². The van der Waals surface area contributed by atoms with E-state index in [1.165, 1.54) is 0 Å². The SMILES string of the molecule is O=C1NC(=O)C(N2CC=Cc3ccccc32)=C1c1ccccc1. The van der Waals surface area contributed by atoms with E-state index in [1.54, 1.807) is 0 Å². The Morgan fingerprint density at radius 1 is 0.870 bits per heavy atom. The van der Waals surface area contributed by atoms with Gasteiger partial charge in [0.05, 0.1) is 5.57 Å². The Hall–Kier alpha value is -3.14. The zero-order chi connectivity index (χ0) is 15.8. The Kier molecular flexibility index (Phi) is 3.08. The lowest BCUT2D eigenvalue weighted by Gasteiger charge is -2.28. The van der Waals surface area contributed by atoms with E-state index in [2.05, 4.69) is 5.32 Å². The van der Waals surface area contributed by atoms with Crippen LogP contribution in [0.2, 0.25) is 0 Å². The molecule has 2 amide bonds. The standard InChI is InChI=1S/C19H14N2O2/c22-18-16(14-8-2-1-3-9-14)17(19(23)20-18)21-12-6-10-13-7-4-5-11-15(13)21/h1-11H,12H2,(H,20,22,23). The number of carbonyl (C=O) groups is 2. The van der Waals surface area contributed by atoms with Gasteiger partial charge in [-0.2, -0.15) is 0 Å². The second kappa shape index (κ2) is 5.25. The molecule has 0 saturated heterocycles. The van der Waals surface area contributed by atoms with Gasteiger partial charge in [-0.05, 0) is 17.2 Å². The van der Waals surface area contributed by atoms with Crippen molar-refractivity contribution in [2.24, 2.45) is 0 Å². The summed E-state index contributed by atoms with van der Waals surface area (Å²) in [7, 11) is 0. The van der Waals surface area contributed by atoms with Gasteiger partial charge in [0.25, 0.3) is 11.8 Å². The maximum atomic E-state index is 12.4. The van der Waals surface area contributed by atoms with E-state index < -0.39 is 0 Å². The molecule has 0 bridgehead atoms. The molecule has 112 valence electrons. The molecule has 0 atom stereocenters. The van der Waals surface area contributed by atoms with Crippen molar-refractivity contribution in [3.8, 4) is 0 Å². The van der Waals surface area contributed by atoms with Crippen LogP contribution in [0.15, 0.2) is 66.4 Å². The van der Waals surface area contributed by atoms with Gasteiger partial charge < -0.3 is 4.90 Å². The molecule has 0 spiro atoms. The number of rotatable bonds is 2. The molecule has 0 aliphatic carbocycles. The summed E-state index contributed by atoms with van der Waals surface area (Å²) in [4.78, 5) is 26.6. The van der Waals surface area contributed by atoms with Gasteiger partial charge in [0.1, 0.15) is 5.70 Å². The number of amides is 2. The first-order valence-electron chi connectivity index (χ1n) is 7.44. The second-order valence-corrected chi connectivity index (χ2v) is 5.44. The van der Waals surface area contributed by atoms with E-state index in [-0.39, 0.29) is 11.8 Å². The van der Waals surface area contributed by atoms with E-state index >= 15 is 0 Å². The summed E-state index contributed by atoms with van der Waals surface area (Å²) >= 11 is 0. The lowest BCUT2D eigenvalue weighted by molar-refractivity contribution is -0.123. The topological polar surface area (TPSA) is 49.4 Å². The summed E-state index contributed by atoms with van der Waals surface area (Å²) < 4.78 is 0. The van der Waals surface area contributed by atoms with Crippen LogP contribution in [0.25, 0.3) is 11.6 Å². The van der Waals surface area contributed by atoms with Crippen LogP contribution in [0, 0.1) is 0 Å². The predicted molar refractivity (Wildman–Crippen MR) is 89.3 cm³/mol. The number of hydrogen-bond acceptors (Lipinski definition) is 3. The molecule has 4 heteroatoms. The minimum Gasteiger partial charge on any atom is -0.332 e. The molecule has 2 aromatic carbocycles. The summed E-state index contributed by atoms with van der Waals surface area (Å²) in [5.74, 6) is -0.692. The monoisotopic (exact) mass is 302 g/mol. The second-order valence-electron chi connectivity index (χ2n) is 5.44. The van der Waals surface area contributed by atoms with Crippen molar-refractivity contribution in [2.45, 2.75) is 0 Å². The lowest BCUT2D eigenvalue weighted by Crippen LogP contribution is -2.32. The summed E-state index contributed by atoms with van der Waals surface area (Å²) in [6.07, 6.45) is 4.03. The molecule has 0 aromatic heterocycles. The fourth-order valence-corrected chi connectivity index (χ4v) is 3.05. The zero-order valence-corrected chi connectivity index (χ0v) is 12.3. The number of carbonyl (C=O) groups excluding carboxylic acids is 2. The zero-order valence-electron chi connectivity index (χ0n) is 12.3. The van der Waals surface area contributed by atoms with Crippen LogP contribution in [0.5, 0.6) is 0 Å². The predicted octanol–water partition coefficient (Wildman–Crippen LogP) is 2.59. The number of para-hydroxylation sites is 1. The molecule has 2 aromatic rings. The van der Waals surface area contributed by atoms with Crippen LogP contribution in [0.1, 0.15) is 11.1 Å². The number of nitrogens with zero attached hydrogens (tertiary/aromatic N) is 1. The number of nitrogens with one attached hydrogen (secondary N) is 1. The highest BCUT2D eigenvalue weighted by atomic mass is 16.2. The first-order valence-corrected chi connectivity index (χ1v) is 7.44. The first-order chi connectivity index (χ1) is 11.3. The van der Waals surface area contributed by atoms with Crippen LogP contribution in [-0.4, -0.2) is 18.4 Å². The molecule has 2 heterocycles. The average Bonchev–Trinajstić information content (AvgIpc) is 2.89. The fraction of sp³-hybridized carbons (Fsp3) is 0.0526. The van der Waals surface area contributed by atoms with E-state index in [0.29, 0.717) is 17.8 Å². The molecule has 1 N–H and O–H groups in total. The normalized spacial score (nSPS) is 16.6. The van der Waals surface area contributed by atoms with Crippen molar-refractivity contribution in [3.05, 3.63) is 77.5 Å². The summed E-state index contributed by atoms with van der Waals surface area (Å²) in [6.45, 7) is 0.559. The van der Waals surface area contributed by atoms with Gasteiger partial charge in [-0.15, -0.1) is 0 Å². The van der Waals surface area contributed by atoms with Crippen molar-refractivity contribution < 1.29 is 9.59 Å². The van der Waals surface area contributed by atoms with Crippen molar-refractivity contribution >= 4 is 29.2 Å². The molecule has 4 rings (SSSR count). The Labute approximate surface area is 133 Å². The van der Waals surface area contributed by atoms with Gasteiger partial charge in [0.2, 0.25) is 0 Å². The van der Waals surface area contributed by atoms with E-state index in [4.69, 9.17) is 0 Å². The molecule has 0 saturated carbocycles. The maximum Gasteiger partial charge on any atom is 0.275 e. The quantitative estimate of drug-likeness (QED) is 0.868. The lowest BCUT2D eigenvalue weighted by atomic mass is 10.0. The Balaban J connectivity index is 1.92. The third-order valence-corrected chi connectivity index (χ3v) is 4.05. The average molecular weight is 302 g/mol. The number of hydrogen-bond donors (Lipinski definition) is 1. The minimum absolute atomic E-state index is 0.344. The van der Waals surface area contributed by atoms with Crippen LogP contribution >= 0.6 is 0 Å². The van der Waals surface area contributed by atoms with Crippen molar-refractivity contribution in [3.63, 3.8) is 0 Å². The Bertz CT molecular complexity index is 866. The largest absolute Gasteiger partial charge is 0.332 e. The fourth-order valence-electron chi connectivity index (χ4n) is 3.05. The highest BCUT2D eigenvalue weighted by Gasteiger charge is 2.35. The molecule has 2 aliphatic rings. The molecule has 2 aliphatic heterocycles. The number of anilines is 1. The molecular formula is C19H14N2O2. The van der Waals surface area contributed by atoms with Crippen molar-refractivity contribution in [2.75, 3.05) is 11.4 Å². The molecule has 4 nitrogen and oxygen atoms in total. The smallest absolute Gasteiger partial charge is 0.275 e. The first kappa shape index (κ1) is 13.5. The van der Waals surface area contributed by atoms with Crippen LogP contribution in [0.3, 0.4) is 0 Å². The molecule has 0 unspecified atom stereocenters. The summed E-state index contributed by atoms with van der Waals surface area (Å²) in [5.41, 5.74) is 3.56. The number of benzene rings is 2. The van der Waals surface area contributed by atoms with Crippen molar-refractivity contribution in [1.29, 1.82) is 0 Å². The number of imide groups is 1. The van der Waals surface area contributed by atoms with Crippen LogP contribution in [-0.2, 0) is 9.59 Å². The van der Waals surface area contributed by atoms with E-state index in [9.17, 15) is 9.59 Å². The summed E-state index contributed by atoms with van der Waals surface area (Å²) in [6, 6.07) is 17.2. The maximum absolute atomic E-state index is 12.4. The van der Waals surface area contributed by atoms with Gasteiger partial charge in [-0.25, -0.2) is 0 Å². The van der Waals surface area contributed by atoms with Gasteiger partial charge in [0.15, 0.2) is 0 Å². The third-order valence-electron chi connectivity index (χ3n) is 4.05. The third kappa shape index (κ3) is 2.16. The van der Waals surface area contributed by atoms with E-state index in [0.717, 1.165) is 16.8 Å².